The number of nitrogens with zero attached hydrogens (tertiary/aromatic N) is 2. The molecule has 3 nitrogen and oxygen atoms in total. The average molecular weight is 727 g/mol. The van der Waals surface area contributed by atoms with Crippen LogP contribution in [0.25, 0.3) is 110 Å². The summed E-state index contributed by atoms with van der Waals surface area (Å²) in [6, 6.07) is 74.6. The molecule has 12 aromatic rings. The van der Waals surface area contributed by atoms with E-state index in [9.17, 15) is 0 Å². The standard InChI is InChI=1S/C54H34N2O/c1-3-12-35(13-4-1)37-16-11-17-41(30-37)56-51-32-39(36-14-5-2-6-15-36)22-26-44(51)45-27-23-40(33-52(45)56)38-24-28-50-47(31-38)43-18-7-9-20-49(43)55(50)42-25-29-54-48(34-42)46-19-8-10-21-53(46)57-54/h1-34H. The number of aromatic nitrogens is 2. The van der Waals surface area contributed by atoms with Crippen molar-refractivity contribution in [1.29, 1.82) is 0 Å². The van der Waals surface area contributed by atoms with Gasteiger partial charge in [-0.2, -0.15) is 0 Å². The van der Waals surface area contributed by atoms with Crippen LogP contribution >= 0.6 is 0 Å². The Hall–Kier alpha value is -7.62. The molecule has 0 aliphatic heterocycles. The van der Waals surface area contributed by atoms with E-state index in [1.807, 2.05) is 12.1 Å². The maximum Gasteiger partial charge on any atom is 0.135 e. The Balaban J connectivity index is 1.06. The molecule has 0 unspecified atom stereocenters. The number of hydrogen-bond acceptors (Lipinski definition) is 1. The third kappa shape index (κ3) is 4.99. The van der Waals surface area contributed by atoms with Crippen molar-refractivity contribution in [3.63, 3.8) is 0 Å². The molecule has 0 radical (unpaired) electrons. The molecule has 0 aliphatic carbocycles. The second-order valence-electron chi connectivity index (χ2n) is 14.9. The van der Waals surface area contributed by atoms with Gasteiger partial charge in [0.1, 0.15) is 11.2 Å². The Morgan fingerprint density at radius 2 is 0.754 bits per heavy atom. The maximum absolute atomic E-state index is 6.19. The molecule has 0 amide bonds. The lowest BCUT2D eigenvalue weighted by Crippen LogP contribution is -1.95. The number of fused-ring (bicyclic) bond motifs is 9. The first-order valence-electron chi connectivity index (χ1n) is 19.5. The molecule has 0 saturated heterocycles. The van der Waals surface area contributed by atoms with E-state index in [0.29, 0.717) is 0 Å². The van der Waals surface area contributed by atoms with E-state index < -0.39 is 0 Å². The van der Waals surface area contributed by atoms with Crippen LogP contribution in [0.1, 0.15) is 0 Å². The zero-order chi connectivity index (χ0) is 37.5. The number of benzene rings is 9. The van der Waals surface area contributed by atoms with Gasteiger partial charge in [-0.1, -0.05) is 140 Å². The highest BCUT2D eigenvalue weighted by atomic mass is 16.3. The lowest BCUT2D eigenvalue weighted by atomic mass is 10.0. The van der Waals surface area contributed by atoms with Crippen molar-refractivity contribution in [2.75, 3.05) is 0 Å². The first-order chi connectivity index (χ1) is 28.2. The van der Waals surface area contributed by atoms with Crippen molar-refractivity contribution >= 4 is 65.6 Å². The highest BCUT2D eigenvalue weighted by Gasteiger charge is 2.18. The normalized spacial score (nSPS) is 11.9. The summed E-state index contributed by atoms with van der Waals surface area (Å²) in [5, 5.41) is 7.19. The number of furan rings is 1. The second-order valence-corrected chi connectivity index (χ2v) is 14.9. The highest BCUT2D eigenvalue weighted by molar-refractivity contribution is 6.13. The van der Waals surface area contributed by atoms with Crippen LogP contribution in [-0.2, 0) is 0 Å². The minimum absolute atomic E-state index is 0.902. The van der Waals surface area contributed by atoms with Crippen LogP contribution in [0.4, 0.5) is 0 Å². The summed E-state index contributed by atoms with van der Waals surface area (Å²) in [5.74, 6) is 0. The molecule has 3 heterocycles. The van der Waals surface area contributed by atoms with Crippen molar-refractivity contribution in [3.8, 4) is 44.8 Å². The van der Waals surface area contributed by atoms with Gasteiger partial charge >= 0.3 is 0 Å². The van der Waals surface area contributed by atoms with E-state index in [-0.39, 0.29) is 0 Å². The lowest BCUT2D eigenvalue weighted by Gasteiger charge is -2.12. The highest BCUT2D eigenvalue weighted by Crippen LogP contribution is 2.40. The fourth-order valence-electron chi connectivity index (χ4n) is 9.03. The predicted octanol–water partition coefficient (Wildman–Crippen LogP) is 14.8. The van der Waals surface area contributed by atoms with Crippen molar-refractivity contribution in [3.05, 3.63) is 206 Å². The summed E-state index contributed by atoms with van der Waals surface area (Å²) in [6.45, 7) is 0. The van der Waals surface area contributed by atoms with Gasteiger partial charge in [-0.05, 0) is 100 Å². The summed E-state index contributed by atoms with van der Waals surface area (Å²) < 4.78 is 11.0. The maximum atomic E-state index is 6.19. The smallest absolute Gasteiger partial charge is 0.135 e. The van der Waals surface area contributed by atoms with Crippen molar-refractivity contribution in [1.82, 2.24) is 9.13 Å². The van der Waals surface area contributed by atoms with Gasteiger partial charge in [0, 0.05) is 43.7 Å². The molecule has 0 N–H and O–H groups in total. The van der Waals surface area contributed by atoms with Crippen molar-refractivity contribution < 1.29 is 4.42 Å². The fraction of sp³-hybridized carbons (Fsp3) is 0. The van der Waals surface area contributed by atoms with Gasteiger partial charge in [0.15, 0.2) is 0 Å². The average Bonchev–Trinajstić information content (AvgIpc) is 3.93. The summed E-state index contributed by atoms with van der Waals surface area (Å²) >= 11 is 0. The predicted molar refractivity (Wildman–Crippen MR) is 239 cm³/mol. The van der Waals surface area contributed by atoms with Crippen LogP contribution < -0.4 is 0 Å². The Morgan fingerprint density at radius 3 is 1.51 bits per heavy atom. The van der Waals surface area contributed by atoms with Crippen molar-refractivity contribution in [2.24, 2.45) is 0 Å². The summed E-state index contributed by atoms with van der Waals surface area (Å²) in [4.78, 5) is 0. The molecule has 3 aromatic heterocycles. The topological polar surface area (TPSA) is 23.0 Å². The van der Waals surface area contributed by atoms with E-state index in [1.165, 1.54) is 77.0 Å². The molecular weight excluding hydrogens is 693 g/mol. The molecule has 0 spiro atoms. The fourth-order valence-corrected chi connectivity index (χ4v) is 9.03. The molecule has 0 aliphatic rings. The number of rotatable bonds is 5. The molecule has 57 heavy (non-hydrogen) atoms. The van der Waals surface area contributed by atoms with E-state index in [2.05, 4.69) is 203 Å². The Labute approximate surface area is 328 Å². The second kappa shape index (κ2) is 12.5. The summed E-state index contributed by atoms with van der Waals surface area (Å²) in [7, 11) is 0. The molecule has 266 valence electrons. The largest absolute Gasteiger partial charge is 0.456 e. The Kier molecular flexibility index (Phi) is 6.93. The minimum atomic E-state index is 0.902. The number of hydrogen-bond donors (Lipinski definition) is 0. The number of para-hydroxylation sites is 2. The van der Waals surface area contributed by atoms with Gasteiger partial charge in [0.05, 0.1) is 22.1 Å². The third-order valence-corrected chi connectivity index (χ3v) is 11.7. The zero-order valence-electron chi connectivity index (χ0n) is 30.9. The molecule has 0 atom stereocenters. The Morgan fingerprint density at radius 1 is 0.246 bits per heavy atom. The van der Waals surface area contributed by atoms with Crippen LogP contribution in [0.2, 0.25) is 0 Å². The summed E-state index contributed by atoms with van der Waals surface area (Å²) in [5.41, 5.74) is 16.0. The van der Waals surface area contributed by atoms with Crippen molar-refractivity contribution in [2.45, 2.75) is 0 Å². The minimum Gasteiger partial charge on any atom is -0.456 e. The first-order valence-corrected chi connectivity index (χ1v) is 19.5. The van der Waals surface area contributed by atoms with Crippen LogP contribution in [0.15, 0.2) is 211 Å². The molecule has 0 saturated carbocycles. The Bertz CT molecular complexity index is 3510. The van der Waals surface area contributed by atoms with E-state index in [4.69, 9.17) is 4.42 Å². The van der Waals surface area contributed by atoms with Gasteiger partial charge in [0.25, 0.3) is 0 Å². The van der Waals surface area contributed by atoms with E-state index >= 15 is 0 Å². The SMILES string of the molecule is c1ccc(-c2cccc(-n3c4cc(-c5ccccc5)ccc4c4ccc(-c5ccc6c(c5)c5ccccc5n6-c5ccc6oc7ccccc7c6c5)cc43)c2)cc1. The van der Waals surface area contributed by atoms with Crippen LogP contribution in [0.5, 0.6) is 0 Å². The van der Waals surface area contributed by atoms with Gasteiger partial charge in [-0.3, -0.25) is 0 Å². The molecule has 12 rings (SSSR count). The molecule has 9 aromatic carbocycles. The van der Waals surface area contributed by atoms with E-state index in [1.54, 1.807) is 0 Å². The molecule has 0 bridgehead atoms. The molecular formula is C54H34N2O. The quantitative estimate of drug-likeness (QED) is 0.173. The van der Waals surface area contributed by atoms with Crippen LogP contribution in [0, 0.1) is 0 Å². The van der Waals surface area contributed by atoms with Crippen LogP contribution in [0.3, 0.4) is 0 Å². The lowest BCUT2D eigenvalue weighted by molar-refractivity contribution is 0.669. The van der Waals surface area contributed by atoms with Gasteiger partial charge in [0.2, 0.25) is 0 Å². The van der Waals surface area contributed by atoms with Gasteiger partial charge < -0.3 is 13.6 Å². The van der Waals surface area contributed by atoms with E-state index in [0.717, 1.165) is 33.3 Å². The summed E-state index contributed by atoms with van der Waals surface area (Å²) in [6.07, 6.45) is 0. The van der Waals surface area contributed by atoms with Gasteiger partial charge in [-0.25, -0.2) is 0 Å². The molecule has 3 heteroatoms. The van der Waals surface area contributed by atoms with Crippen LogP contribution in [-0.4, -0.2) is 9.13 Å². The monoisotopic (exact) mass is 726 g/mol. The third-order valence-electron chi connectivity index (χ3n) is 11.7. The first kappa shape index (κ1) is 31.7. The molecule has 0 fully saturated rings. The zero-order valence-corrected chi connectivity index (χ0v) is 30.9. The van der Waals surface area contributed by atoms with Gasteiger partial charge in [-0.15, -0.1) is 0 Å².